The second kappa shape index (κ2) is 39.8. The predicted molar refractivity (Wildman–Crippen MR) is 210 cm³/mol. The van der Waals surface area contributed by atoms with E-state index in [1.54, 1.807) is 0 Å². The van der Waals surface area contributed by atoms with Crippen LogP contribution in [0.1, 0.15) is 174 Å². The molecule has 0 saturated carbocycles. The second-order valence-electron chi connectivity index (χ2n) is 13.0. The summed E-state index contributed by atoms with van der Waals surface area (Å²) in [5.41, 5.74) is 0. The molecule has 49 heavy (non-hydrogen) atoms. The summed E-state index contributed by atoms with van der Waals surface area (Å²) in [7, 11) is 0. The van der Waals surface area contributed by atoms with Crippen LogP contribution in [0, 0.1) is 0 Å². The van der Waals surface area contributed by atoms with Gasteiger partial charge in [0.25, 0.3) is 0 Å². The van der Waals surface area contributed by atoms with Gasteiger partial charge in [-0.05, 0) is 83.5 Å². The summed E-state index contributed by atoms with van der Waals surface area (Å²) in [6, 6.07) is 0. The standard InChI is InChI=1S/C44H74O5/c1-3-5-7-9-11-13-15-17-19-21-22-23-25-27-29-31-33-35-37-39-44(47)49-42(40-45)41-48-43(46)38-36-34-32-30-28-26-24-20-18-16-14-12-10-8-6-4-2/h5,7,11,13-14,16-17,19-20,22-24,42,45H,3-4,6,8-10,12,15,18,21,25-41H2,1-2H3/b7-5-,13-11-,16-14-,19-17-,23-22-,24-20-. The highest BCUT2D eigenvalue weighted by Crippen LogP contribution is 2.12. The zero-order chi connectivity index (χ0) is 35.7. The van der Waals surface area contributed by atoms with Gasteiger partial charge in [0, 0.05) is 12.8 Å². The van der Waals surface area contributed by atoms with Crippen molar-refractivity contribution in [3.63, 3.8) is 0 Å². The molecule has 0 aromatic rings. The Balaban J connectivity index is 3.63. The van der Waals surface area contributed by atoms with Gasteiger partial charge in [-0.2, -0.15) is 0 Å². The third-order valence-corrected chi connectivity index (χ3v) is 8.23. The van der Waals surface area contributed by atoms with E-state index in [4.69, 9.17) is 9.47 Å². The number of unbranched alkanes of at least 4 members (excludes halogenated alkanes) is 15. The molecule has 0 amide bonds. The van der Waals surface area contributed by atoms with Crippen LogP contribution in [0.25, 0.3) is 0 Å². The number of ether oxygens (including phenoxy) is 2. The van der Waals surface area contributed by atoms with Gasteiger partial charge in [-0.3, -0.25) is 9.59 Å². The number of aliphatic hydroxyl groups excluding tert-OH is 1. The fraction of sp³-hybridized carbons (Fsp3) is 0.682. The Bertz CT molecular complexity index is 910. The number of carbonyl (C=O) groups is 2. The molecule has 0 aliphatic carbocycles. The summed E-state index contributed by atoms with van der Waals surface area (Å²) < 4.78 is 10.6. The SMILES string of the molecule is CC/C=C\C/C=C\C/C=C\C/C=C\CCCCCCCCC(=O)OC(CO)COC(=O)CCCCCCC/C=C\C/C=C\CCCCCC. The third-order valence-electron chi connectivity index (χ3n) is 8.23. The minimum atomic E-state index is -0.788. The van der Waals surface area contributed by atoms with Crippen molar-refractivity contribution in [1.82, 2.24) is 0 Å². The molecule has 1 N–H and O–H groups in total. The van der Waals surface area contributed by atoms with Crippen molar-refractivity contribution in [3.05, 3.63) is 72.9 Å². The van der Waals surface area contributed by atoms with Gasteiger partial charge in [0.15, 0.2) is 6.10 Å². The lowest BCUT2D eigenvalue weighted by Crippen LogP contribution is -2.28. The van der Waals surface area contributed by atoms with Crippen molar-refractivity contribution in [2.24, 2.45) is 0 Å². The van der Waals surface area contributed by atoms with E-state index in [9.17, 15) is 14.7 Å². The summed E-state index contributed by atoms with van der Waals surface area (Å²) in [4.78, 5) is 24.3. The van der Waals surface area contributed by atoms with Crippen molar-refractivity contribution in [2.45, 2.75) is 180 Å². The Morgan fingerprint density at radius 2 is 0.878 bits per heavy atom. The smallest absolute Gasteiger partial charge is 0.306 e. The summed E-state index contributed by atoms with van der Waals surface area (Å²) in [5.74, 6) is -0.628. The van der Waals surface area contributed by atoms with E-state index in [0.29, 0.717) is 12.8 Å². The average molecular weight is 683 g/mol. The first-order valence-electron chi connectivity index (χ1n) is 20.0. The molecule has 0 heterocycles. The molecule has 0 rings (SSSR count). The van der Waals surface area contributed by atoms with Gasteiger partial charge in [0.2, 0.25) is 0 Å². The van der Waals surface area contributed by atoms with Crippen molar-refractivity contribution < 1.29 is 24.2 Å². The largest absolute Gasteiger partial charge is 0.462 e. The molecule has 1 unspecified atom stereocenters. The quantitative estimate of drug-likeness (QED) is 0.0409. The first kappa shape index (κ1) is 46.3. The summed E-state index contributed by atoms with van der Waals surface area (Å²) in [5, 5.41) is 9.56. The van der Waals surface area contributed by atoms with Gasteiger partial charge in [0.1, 0.15) is 6.61 Å². The zero-order valence-electron chi connectivity index (χ0n) is 31.7. The van der Waals surface area contributed by atoms with Crippen molar-refractivity contribution in [3.8, 4) is 0 Å². The molecular formula is C44H74O5. The number of carbonyl (C=O) groups excluding carboxylic acids is 2. The van der Waals surface area contributed by atoms with Crippen LogP contribution in [-0.4, -0.2) is 36.4 Å². The third kappa shape index (κ3) is 38.0. The van der Waals surface area contributed by atoms with Crippen LogP contribution < -0.4 is 0 Å². The first-order valence-corrected chi connectivity index (χ1v) is 20.0. The predicted octanol–water partition coefficient (Wildman–Crippen LogP) is 12.6. The number of esters is 2. The van der Waals surface area contributed by atoms with Crippen molar-refractivity contribution >= 4 is 11.9 Å². The molecule has 0 spiro atoms. The number of rotatable bonds is 35. The maximum atomic E-state index is 12.2. The molecule has 0 aliphatic rings. The minimum Gasteiger partial charge on any atom is -0.462 e. The van der Waals surface area contributed by atoms with Gasteiger partial charge < -0.3 is 14.6 Å². The molecule has 0 aliphatic heterocycles. The van der Waals surface area contributed by atoms with Crippen LogP contribution in [0.2, 0.25) is 0 Å². The van der Waals surface area contributed by atoms with Gasteiger partial charge in [-0.1, -0.05) is 151 Å². The summed E-state index contributed by atoms with van der Waals surface area (Å²) in [6.07, 6.45) is 52.4. The highest BCUT2D eigenvalue weighted by Gasteiger charge is 2.16. The molecule has 0 radical (unpaired) electrons. The van der Waals surface area contributed by atoms with Crippen LogP contribution >= 0.6 is 0 Å². The Kier molecular flexibility index (Phi) is 37.6. The molecule has 280 valence electrons. The molecule has 0 aromatic heterocycles. The lowest BCUT2D eigenvalue weighted by atomic mass is 10.1. The van der Waals surface area contributed by atoms with E-state index in [1.807, 2.05) is 0 Å². The lowest BCUT2D eigenvalue weighted by molar-refractivity contribution is -0.161. The van der Waals surface area contributed by atoms with Crippen LogP contribution in [0.15, 0.2) is 72.9 Å². The number of allylic oxidation sites excluding steroid dienone is 12. The normalized spacial score (nSPS) is 13.0. The molecule has 0 saturated heterocycles. The van der Waals surface area contributed by atoms with Gasteiger partial charge >= 0.3 is 11.9 Å². The van der Waals surface area contributed by atoms with E-state index in [2.05, 4.69) is 86.8 Å². The highest BCUT2D eigenvalue weighted by molar-refractivity contribution is 5.70. The molecule has 0 bridgehead atoms. The molecule has 0 fully saturated rings. The molecular weight excluding hydrogens is 608 g/mol. The Morgan fingerprint density at radius 3 is 1.33 bits per heavy atom. The van der Waals surface area contributed by atoms with Crippen molar-refractivity contribution in [1.29, 1.82) is 0 Å². The van der Waals surface area contributed by atoms with Crippen LogP contribution in [0.5, 0.6) is 0 Å². The first-order chi connectivity index (χ1) is 24.1. The topological polar surface area (TPSA) is 72.8 Å². The Hall–Kier alpha value is -2.66. The monoisotopic (exact) mass is 683 g/mol. The van der Waals surface area contributed by atoms with Crippen LogP contribution in [-0.2, 0) is 19.1 Å². The second-order valence-corrected chi connectivity index (χ2v) is 13.0. The van der Waals surface area contributed by atoms with Gasteiger partial charge in [-0.15, -0.1) is 0 Å². The van der Waals surface area contributed by atoms with E-state index in [1.165, 1.54) is 64.2 Å². The minimum absolute atomic E-state index is 0.0826. The van der Waals surface area contributed by atoms with Gasteiger partial charge in [-0.25, -0.2) is 0 Å². The van der Waals surface area contributed by atoms with Crippen LogP contribution in [0.3, 0.4) is 0 Å². The Labute approximate surface area is 302 Å². The summed E-state index contributed by atoms with van der Waals surface area (Å²) in [6.45, 7) is 3.97. The average Bonchev–Trinajstić information content (AvgIpc) is 3.10. The molecule has 5 nitrogen and oxygen atoms in total. The zero-order valence-corrected chi connectivity index (χ0v) is 31.7. The maximum Gasteiger partial charge on any atom is 0.306 e. The van der Waals surface area contributed by atoms with Gasteiger partial charge in [0.05, 0.1) is 6.61 Å². The Morgan fingerprint density at radius 1 is 0.490 bits per heavy atom. The molecule has 0 aromatic carbocycles. The fourth-order valence-electron chi connectivity index (χ4n) is 5.22. The number of hydrogen-bond donors (Lipinski definition) is 1. The van der Waals surface area contributed by atoms with E-state index in [-0.39, 0.29) is 25.2 Å². The summed E-state index contributed by atoms with van der Waals surface area (Å²) >= 11 is 0. The van der Waals surface area contributed by atoms with Crippen LogP contribution in [0.4, 0.5) is 0 Å². The number of aliphatic hydroxyl groups is 1. The molecule has 1 atom stereocenters. The van der Waals surface area contributed by atoms with Crippen molar-refractivity contribution in [2.75, 3.05) is 13.2 Å². The highest BCUT2D eigenvalue weighted by atomic mass is 16.6. The van der Waals surface area contributed by atoms with E-state index >= 15 is 0 Å². The fourth-order valence-corrected chi connectivity index (χ4v) is 5.22. The number of hydrogen-bond acceptors (Lipinski definition) is 5. The lowest BCUT2D eigenvalue weighted by Gasteiger charge is -2.15. The maximum absolute atomic E-state index is 12.2. The molecule has 5 heteroatoms. The van der Waals surface area contributed by atoms with E-state index < -0.39 is 6.10 Å². The van der Waals surface area contributed by atoms with E-state index in [0.717, 1.165) is 83.5 Å².